The van der Waals surface area contributed by atoms with Gasteiger partial charge in [0.15, 0.2) is 0 Å². The van der Waals surface area contributed by atoms with E-state index in [2.05, 4.69) is 36.4 Å². The van der Waals surface area contributed by atoms with Crippen LogP contribution in [0.1, 0.15) is 55.6 Å². The van der Waals surface area contributed by atoms with Crippen LogP contribution in [0.5, 0.6) is 0 Å². The highest BCUT2D eigenvalue weighted by Gasteiger charge is 2.19. The van der Waals surface area contributed by atoms with Gasteiger partial charge in [0.1, 0.15) is 5.82 Å². The van der Waals surface area contributed by atoms with Gasteiger partial charge in [-0.15, -0.1) is 0 Å². The molecule has 116 valence electrons. The minimum absolute atomic E-state index is 0.0469. The lowest BCUT2D eigenvalue weighted by atomic mass is 10.1. The largest absolute Gasteiger partial charge is 0.379 e. The lowest BCUT2D eigenvalue weighted by Crippen LogP contribution is -2.35. The summed E-state index contributed by atoms with van der Waals surface area (Å²) in [4.78, 5) is 16.9. The van der Waals surface area contributed by atoms with Gasteiger partial charge in [0, 0.05) is 24.4 Å². The average molecular weight is 291 g/mol. The molecule has 1 unspecified atom stereocenters. The molecule has 5 nitrogen and oxygen atoms in total. The molecule has 5 heteroatoms. The minimum atomic E-state index is -0.0469. The van der Waals surface area contributed by atoms with Crippen molar-refractivity contribution < 1.29 is 9.53 Å². The molecule has 1 fully saturated rings. The summed E-state index contributed by atoms with van der Waals surface area (Å²) in [5.41, 5.74) is 1.60. The zero-order chi connectivity index (χ0) is 15.2. The van der Waals surface area contributed by atoms with Gasteiger partial charge in [-0.3, -0.25) is 4.79 Å². The Kier molecular flexibility index (Phi) is 5.56. The summed E-state index contributed by atoms with van der Waals surface area (Å²) in [6.45, 7) is 8.45. The number of pyridine rings is 1. The van der Waals surface area contributed by atoms with Crippen LogP contribution in [0.4, 0.5) is 5.82 Å². The third kappa shape index (κ3) is 4.43. The number of nitrogens with zero attached hydrogens (tertiary/aromatic N) is 1. The van der Waals surface area contributed by atoms with Crippen LogP contribution in [0.15, 0.2) is 12.1 Å². The van der Waals surface area contributed by atoms with E-state index in [1.54, 1.807) is 0 Å². The zero-order valence-corrected chi connectivity index (χ0v) is 13.1. The molecule has 0 radical (unpaired) electrons. The third-order valence-corrected chi connectivity index (χ3v) is 3.52. The number of ether oxygens (including phenoxy) is 1. The second kappa shape index (κ2) is 7.41. The van der Waals surface area contributed by atoms with Gasteiger partial charge in [-0.25, -0.2) is 4.98 Å². The number of nitrogens with one attached hydrogen (secondary N) is 2. The van der Waals surface area contributed by atoms with Crippen LogP contribution < -0.4 is 10.6 Å². The highest BCUT2D eigenvalue weighted by atomic mass is 16.5. The molecule has 1 aromatic heterocycles. The lowest BCUT2D eigenvalue weighted by Gasteiger charge is -2.14. The first-order valence-corrected chi connectivity index (χ1v) is 7.74. The lowest BCUT2D eigenvalue weighted by molar-refractivity contribution is 0.0929. The third-order valence-electron chi connectivity index (χ3n) is 3.52. The van der Waals surface area contributed by atoms with Crippen LogP contribution in [-0.2, 0) is 4.74 Å². The molecule has 0 saturated carbocycles. The normalized spacial score (nSPS) is 18.0. The number of amides is 1. The summed E-state index contributed by atoms with van der Waals surface area (Å²) in [5.74, 6) is 1.01. The van der Waals surface area contributed by atoms with E-state index in [0.29, 0.717) is 12.2 Å². The van der Waals surface area contributed by atoms with E-state index < -0.39 is 0 Å². The van der Waals surface area contributed by atoms with E-state index in [9.17, 15) is 4.79 Å². The Labute approximate surface area is 126 Å². The Morgan fingerprint density at radius 1 is 1.48 bits per heavy atom. The van der Waals surface area contributed by atoms with Gasteiger partial charge in [0.05, 0.1) is 12.6 Å². The molecule has 1 saturated heterocycles. The van der Waals surface area contributed by atoms with Crippen LogP contribution in [0.2, 0.25) is 0 Å². The molecule has 2 rings (SSSR count). The van der Waals surface area contributed by atoms with E-state index in [4.69, 9.17) is 4.74 Å². The molecule has 1 atom stereocenters. The molecule has 1 aliphatic rings. The monoisotopic (exact) mass is 291 g/mol. The topological polar surface area (TPSA) is 63.2 Å². The Balaban J connectivity index is 2.15. The summed E-state index contributed by atoms with van der Waals surface area (Å²) in [5, 5.41) is 6.29. The van der Waals surface area contributed by atoms with Gasteiger partial charge in [-0.05, 0) is 30.9 Å². The number of anilines is 1. The molecule has 2 N–H and O–H groups in total. The number of rotatable bonds is 6. The van der Waals surface area contributed by atoms with E-state index in [1.165, 1.54) is 0 Å². The van der Waals surface area contributed by atoms with E-state index >= 15 is 0 Å². The van der Waals surface area contributed by atoms with Crippen LogP contribution in [0.25, 0.3) is 0 Å². The van der Waals surface area contributed by atoms with Crippen molar-refractivity contribution in [2.75, 3.05) is 25.1 Å². The van der Waals surface area contributed by atoms with Gasteiger partial charge in [-0.2, -0.15) is 0 Å². The number of carbonyl (C=O) groups is 1. The van der Waals surface area contributed by atoms with Crippen LogP contribution >= 0.6 is 0 Å². The second-order valence-corrected chi connectivity index (χ2v) is 5.78. The van der Waals surface area contributed by atoms with Crippen molar-refractivity contribution in [1.29, 1.82) is 0 Å². The second-order valence-electron chi connectivity index (χ2n) is 5.78. The fourth-order valence-corrected chi connectivity index (χ4v) is 2.24. The average Bonchev–Trinajstić information content (AvgIpc) is 2.97. The molecule has 0 spiro atoms. The van der Waals surface area contributed by atoms with E-state index in [1.807, 2.05) is 12.1 Å². The quantitative estimate of drug-likeness (QED) is 0.845. The number of hydrogen-bond donors (Lipinski definition) is 2. The summed E-state index contributed by atoms with van der Waals surface area (Å²) >= 11 is 0. The van der Waals surface area contributed by atoms with E-state index in [0.717, 1.165) is 37.5 Å². The summed E-state index contributed by atoms with van der Waals surface area (Å²) in [6.07, 6.45) is 1.91. The maximum Gasteiger partial charge on any atom is 0.251 e. The number of carbonyl (C=O) groups excluding carboxylic acids is 1. The van der Waals surface area contributed by atoms with Crippen molar-refractivity contribution in [3.8, 4) is 0 Å². The molecular weight excluding hydrogens is 266 g/mol. The van der Waals surface area contributed by atoms with Gasteiger partial charge in [-0.1, -0.05) is 20.8 Å². The fourth-order valence-electron chi connectivity index (χ4n) is 2.24. The smallest absolute Gasteiger partial charge is 0.251 e. The zero-order valence-electron chi connectivity index (χ0n) is 13.1. The predicted octanol–water partition coefficient (Wildman–Crippen LogP) is 2.55. The van der Waals surface area contributed by atoms with Crippen molar-refractivity contribution in [3.05, 3.63) is 23.4 Å². The standard InChI is InChI=1S/C16H25N3O2/c1-4-6-17-15-9-12(8-14(19-15)11(2)3)16(20)18-13-5-7-21-10-13/h8-9,11,13H,4-7,10H2,1-3H3,(H,17,19)(H,18,20). The molecule has 2 heterocycles. The maximum absolute atomic E-state index is 12.4. The van der Waals surface area contributed by atoms with Gasteiger partial charge in [0.2, 0.25) is 0 Å². The molecule has 1 aliphatic heterocycles. The van der Waals surface area contributed by atoms with Crippen LogP contribution in [0, 0.1) is 0 Å². The highest BCUT2D eigenvalue weighted by Crippen LogP contribution is 2.18. The molecule has 1 amide bonds. The van der Waals surface area contributed by atoms with Crippen molar-refractivity contribution in [2.45, 2.75) is 45.6 Å². The molecule has 0 aliphatic carbocycles. The van der Waals surface area contributed by atoms with Crippen molar-refractivity contribution >= 4 is 11.7 Å². The number of hydrogen-bond acceptors (Lipinski definition) is 4. The summed E-state index contributed by atoms with van der Waals surface area (Å²) in [6, 6.07) is 3.83. The van der Waals surface area contributed by atoms with E-state index in [-0.39, 0.29) is 17.9 Å². The van der Waals surface area contributed by atoms with Gasteiger partial charge < -0.3 is 15.4 Å². The molecule has 0 bridgehead atoms. The Morgan fingerprint density at radius 2 is 2.29 bits per heavy atom. The van der Waals surface area contributed by atoms with Crippen LogP contribution in [0.3, 0.4) is 0 Å². The molecule has 1 aromatic rings. The van der Waals surface area contributed by atoms with Crippen molar-refractivity contribution in [3.63, 3.8) is 0 Å². The molecular formula is C16H25N3O2. The predicted molar refractivity (Wildman–Crippen MR) is 83.8 cm³/mol. The maximum atomic E-state index is 12.4. The summed E-state index contributed by atoms with van der Waals surface area (Å²) in [7, 11) is 0. The van der Waals surface area contributed by atoms with Crippen molar-refractivity contribution in [2.24, 2.45) is 0 Å². The Hall–Kier alpha value is -1.62. The SMILES string of the molecule is CCCNc1cc(C(=O)NC2CCOC2)cc(C(C)C)n1. The minimum Gasteiger partial charge on any atom is -0.379 e. The van der Waals surface area contributed by atoms with Gasteiger partial charge in [0.25, 0.3) is 5.91 Å². The molecule has 21 heavy (non-hydrogen) atoms. The summed E-state index contributed by atoms with van der Waals surface area (Å²) < 4.78 is 5.29. The first-order chi connectivity index (χ1) is 10.1. The first kappa shape index (κ1) is 15.8. The van der Waals surface area contributed by atoms with Crippen molar-refractivity contribution in [1.82, 2.24) is 10.3 Å². The van der Waals surface area contributed by atoms with Gasteiger partial charge >= 0.3 is 0 Å². The van der Waals surface area contributed by atoms with Crippen LogP contribution in [-0.4, -0.2) is 36.7 Å². The fraction of sp³-hybridized carbons (Fsp3) is 0.625. The highest BCUT2D eigenvalue weighted by molar-refractivity contribution is 5.95. The first-order valence-electron chi connectivity index (χ1n) is 7.74. The Morgan fingerprint density at radius 3 is 2.90 bits per heavy atom. The number of aromatic nitrogens is 1. The Bertz CT molecular complexity index is 482. The molecule has 0 aromatic carbocycles.